The molecule has 140 valence electrons. The Balaban J connectivity index is 2.03. The summed E-state index contributed by atoms with van der Waals surface area (Å²) in [5, 5.41) is 0. The van der Waals surface area contributed by atoms with E-state index < -0.39 is 0 Å². The molecule has 7 heteroatoms. The SMILES string of the molecule is COc1cc(OC)c(OC)cc1/C=C1\SC(=S)N(c2ccccc2C)C1=O. The van der Waals surface area contributed by atoms with Gasteiger partial charge in [-0.2, -0.15) is 0 Å². The van der Waals surface area contributed by atoms with Crippen molar-refractivity contribution in [3.05, 3.63) is 52.4 Å². The van der Waals surface area contributed by atoms with Crippen LogP contribution in [0.2, 0.25) is 0 Å². The molecule has 1 aliphatic rings. The molecule has 1 heterocycles. The number of methoxy groups -OCH3 is 3. The zero-order valence-electron chi connectivity index (χ0n) is 15.4. The fraction of sp³-hybridized carbons (Fsp3) is 0.200. The molecule has 3 rings (SSSR count). The monoisotopic (exact) mass is 401 g/mol. The molecule has 0 radical (unpaired) electrons. The lowest BCUT2D eigenvalue weighted by Crippen LogP contribution is -2.28. The number of ether oxygens (including phenoxy) is 3. The smallest absolute Gasteiger partial charge is 0.270 e. The fourth-order valence-corrected chi connectivity index (χ4v) is 4.07. The number of thioether (sulfide) groups is 1. The van der Waals surface area contributed by atoms with Crippen LogP contribution in [0.15, 0.2) is 41.3 Å². The molecule has 0 aromatic heterocycles. The van der Waals surface area contributed by atoms with Crippen LogP contribution < -0.4 is 19.1 Å². The van der Waals surface area contributed by atoms with Crippen molar-refractivity contribution in [3.8, 4) is 17.2 Å². The molecule has 1 amide bonds. The van der Waals surface area contributed by atoms with E-state index in [-0.39, 0.29) is 5.91 Å². The van der Waals surface area contributed by atoms with Crippen LogP contribution in [-0.4, -0.2) is 31.6 Å². The van der Waals surface area contributed by atoms with Crippen LogP contribution in [0.25, 0.3) is 6.08 Å². The number of benzene rings is 2. The highest BCUT2D eigenvalue weighted by molar-refractivity contribution is 8.27. The van der Waals surface area contributed by atoms with Crippen LogP contribution in [0.4, 0.5) is 5.69 Å². The topological polar surface area (TPSA) is 48.0 Å². The van der Waals surface area contributed by atoms with Crippen LogP contribution in [0.1, 0.15) is 11.1 Å². The zero-order chi connectivity index (χ0) is 19.6. The third kappa shape index (κ3) is 3.65. The van der Waals surface area contributed by atoms with Gasteiger partial charge in [-0.05, 0) is 30.7 Å². The third-order valence-electron chi connectivity index (χ3n) is 4.17. The van der Waals surface area contributed by atoms with Gasteiger partial charge in [0.2, 0.25) is 0 Å². The number of hydrogen-bond donors (Lipinski definition) is 0. The molecule has 27 heavy (non-hydrogen) atoms. The van der Waals surface area contributed by atoms with Crippen LogP contribution in [-0.2, 0) is 4.79 Å². The number of hydrogen-bond acceptors (Lipinski definition) is 6. The number of rotatable bonds is 5. The van der Waals surface area contributed by atoms with Crippen LogP contribution in [0, 0.1) is 6.92 Å². The second-order valence-electron chi connectivity index (χ2n) is 5.75. The molecule has 0 saturated carbocycles. The first-order chi connectivity index (χ1) is 13.0. The van der Waals surface area contributed by atoms with Crippen LogP contribution in [0.3, 0.4) is 0 Å². The maximum Gasteiger partial charge on any atom is 0.270 e. The molecular formula is C20H19NO4S2. The van der Waals surface area contributed by atoms with Crippen LogP contribution >= 0.6 is 24.0 Å². The summed E-state index contributed by atoms with van der Waals surface area (Å²) in [4.78, 5) is 15.1. The minimum absolute atomic E-state index is 0.156. The molecule has 0 atom stereocenters. The molecule has 0 unspecified atom stereocenters. The molecule has 2 aromatic carbocycles. The molecular weight excluding hydrogens is 382 g/mol. The summed E-state index contributed by atoms with van der Waals surface area (Å²) >= 11 is 6.72. The van der Waals surface area contributed by atoms with Gasteiger partial charge in [-0.25, -0.2) is 0 Å². The van der Waals surface area contributed by atoms with Crippen molar-refractivity contribution in [2.75, 3.05) is 26.2 Å². The van der Waals surface area contributed by atoms with E-state index in [0.717, 1.165) is 11.3 Å². The van der Waals surface area contributed by atoms with Crippen molar-refractivity contribution in [2.24, 2.45) is 0 Å². The molecule has 5 nitrogen and oxygen atoms in total. The van der Waals surface area contributed by atoms with E-state index in [1.165, 1.54) is 11.8 Å². The van der Waals surface area contributed by atoms with E-state index in [0.29, 0.717) is 32.0 Å². The van der Waals surface area contributed by atoms with Crippen molar-refractivity contribution < 1.29 is 19.0 Å². The number of anilines is 1. The largest absolute Gasteiger partial charge is 0.496 e. The van der Waals surface area contributed by atoms with Gasteiger partial charge in [0, 0.05) is 11.6 Å². The summed E-state index contributed by atoms with van der Waals surface area (Å²) in [6.07, 6.45) is 1.76. The van der Waals surface area contributed by atoms with Gasteiger partial charge in [0.25, 0.3) is 5.91 Å². The summed E-state index contributed by atoms with van der Waals surface area (Å²) in [6, 6.07) is 11.2. The number of carbonyl (C=O) groups is 1. The van der Waals surface area contributed by atoms with E-state index >= 15 is 0 Å². The van der Waals surface area contributed by atoms with E-state index in [9.17, 15) is 4.79 Å². The van der Waals surface area contributed by atoms with Crippen LogP contribution in [0.5, 0.6) is 17.2 Å². The molecule has 0 bridgehead atoms. The third-order valence-corrected chi connectivity index (χ3v) is 5.47. The number of amides is 1. The quantitative estimate of drug-likeness (QED) is 0.546. The van der Waals surface area contributed by atoms with Crippen molar-refractivity contribution in [3.63, 3.8) is 0 Å². The standard InChI is InChI=1S/C20H19NO4S2/c1-12-7-5-6-8-14(12)21-19(22)18(27-20(21)26)10-13-9-16(24-3)17(25-4)11-15(13)23-2/h5-11H,1-4H3/b18-10-. The average Bonchev–Trinajstić information content (AvgIpc) is 2.95. The highest BCUT2D eigenvalue weighted by Crippen LogP contribution is 2.40. The van der Waals surface area contributed by atoms with Crippen molar-refractivity contribution in [1.29, 1.82) is 0 Å². The van der Waals surface area contributed by atoms with E-state index in [4.69, 9.17) is 26.4 Å². The minimum atomic E-state index is -0.156. The fourth-order valence-electron chi connectivity index (χ4n) is 2.80. The van der Waals surface area contributed by atoms with Gasteiger partial charge in [0.05, 0.1) is 31.9 Å². The average molecular weight is 402 g/mol. The van der Waals surface area contributed by atoms with Gasteiger partial charge in [-0.3, -0.25) is 9.69 Å². The number of para-hydroxylation sites is 1. The Hall–Kier alpha value is -2.51. The maximum absolute atomic E-state index is 13.0. The van der Waals surface area contributed by atoms with Gasteiger partial charge in [-0.1, -0.05) is 42.2 Å². The molecule has 2 aromatic rings. The highest BCUT2D eigenvalue weighted by atomic mass is 32.2. The lowest BCUT2D eigenvalue weighted by atomic mass is 10.1. The Kier molecular flexibility index (Phi) is 5.72. The maximum atomic E-state index is 13.0. The first-order valence-electron chi connectivity index (χ1n) is 8.13. The predicted molar refractivity (Wildman–Crippen MR) is 113 cm³/mol. The first kappa shape index (κ1) is 19.3. The van der Waals surface area contributed by atoms with Gasteiger partial charge >= 0.3 is 0 Å². The molecule has 0 spiro atoms. The summed E-state index contributed by atoms with van der Waals surface area (Å²) in [5.74, 6) is 1.53. The lowest BCUT2D eigenvalue weighted by Gasteiger charge is -2.16. The molecule has 1 aliphatic heterocycles. The Labute approximate surface area is 167 Å². The molecule has 0 N–H and O–H groups in total. The number of nitrogens with zero attached hydrogens (tertiary/aromatic N) is 1. The summed E-state index contributed by atoms with van der Waals surface area (Å²) in [5.41, 5.74) is 2.49. The van der Waals surface area contributed by atoms with E-state index in [2.05, 4.69) is 0 Å². The molecule has 1 fully saturated rings. The van der Waals surface area contributed by atoms with Crippen molar-refractivity contribution >= 4 is 46.0 Å². The summed E-state index contributed by atoms with van der Waals surface area (Å²) in [7, 11) is 4.69. The second-order valence-corrected chi connectivity index (χ2v) is 7.43. The number of aryl methyl sites for hydroxylation is 1. The van der Waals surface area contributed by atoms with Gasteiger partial charge < -0.3 is 14.2 Å². The Morgan fingerprint density at radius 1 is 1.00 bits per heavy atom. The number of thiocarbonyl (C=S) groups is 1. The first-order valence-corrected chi connectivity index (χ1v) is 9.36. The lowest BCUT2D eigenvalue weighted by molar-refractivity contribution is -0.113. The number of carbonyl (C=O) groups excluding carboxylic acids is 1. The normalized spacial score (nSPS) is 15.4. The Morgan fingerprint density at radius 3 is 2.26 bits per heavy atom. The van der Waals surface area contributed by atoms with Crippen molar-refractivity contribution in [2.45, 2.75) is 6.92 Å². The zero-order valence-corrected chi connectivity index (χ0v) is 17.1. The van der Waals surface area contributed by atoms with Gasteiger partial charge in [0.1, 0.15) is 5.75 Å². The van der Waals surface area contributed by atoms with Gasteiger partial charge in [-0.15, -0.1) is 0 Å². The second kappa shape index (κ2) is 8.02. The van der Waals surface area contributed by atoms with Crippen molar-refractivity contribution in [1.82, 2.24) is 0 Å². The van der Waals surface area contributed by atoms with E-state index in [1.54, 1.807) is 44.4 Å². The summed E-state index contributed by atoms with van der Waals surface area (Å²) in [6.45, 7) is 1.95. The van der Waals surface area contributed by atoms with E-state index in [1.807, 2.05) is 31.2 Å². The Morgan fingerprint density at radius 2 is 1.63 bits per heavy atom. The predicted octanol–water partition coefficient (Wildman–Crippen LogP) is 4.43. The summed E-state index contributed by atoms with van der Waals surface area (Å²) < 4.78 is 16.6. The molecule has 0 aliphatic carbocycles. The Bertz CT molecular complexity index is 940. The minimum Gasteiger partial charge on any atom is -0.496 e. The van der Waals surface area contributed by atoms with Gasteiger partial charge in [0.15, 0.2) is 15.8 Å². The highest BCUT2D eigenvalue weighted by Gasteiger charge is 2.34. The molecule has 1 saturated heterocycles.